The fraction of sp³-hybridized carbons (Fsp3) is 0.714. The van der Waals surface area contributed by atoms with Gasteiger partial charge < -0.3 is 10.0 Å². The van der Waals surface area contributed by atoms with E-state index in [0.29, 0.717) is 4.78 Å². The lowest BCUT2D eigenvalue weighted by atomic mass is 9.90. The molecule has 0 aliphatic heterocycles. The maximum Gasteiger partial charge on any atom is 0.499 e. The summed E-state index contributed by atoms with van der Waals surface area (Å²) in [7, 11) is -1.30. The summed E-state index contributed by atoms with van der Waals surface area (Å²) in [6, 6.07) is 3.83. The van der Waals surface area contributed by atoms with Crippen molar-refractivity contribution in [2.75, 3.05) is 0 Å². The van der Waals surface area contributed by atoms with Gasteiger partial charge in [-0.05, 0) is 18.9 Å². The monoisotopic (exact) mass is 268 g/mol. The molecule has 0 spiro atoms. The molecule has 1 rings (SSSR count). The molecule has 0 aliphatic rings. The predicted octanol–water partition coefficient (Wildman–Crippen LogP) is 3.11. The van der Waals surface area contributed by atoms with Gasteiger partial charge in [-0.15, -0.1) is 11.3 Å². The molecular weight excluding hydrogens is 243 g/mol. The van der Waals surface area contributed by atoms with Crippen molar-refractivity contribution in [3.63, 3.8) is 0 Å². The van der Waals surface area contributed by atoms with Crippen molar-refractivity contribution in [3.05, 3.63) is 17.0 Å². The Kier molecular flexibility index (Phi) is 8.39. The van der Waals surface area contributed by atoms with E-state index in [0.717, 1.165) is 6.42 Å². The molecule has 2 nitrogen and oxygen atoms in total. The number of hydrogen-bond acceptors (Lipinski definition) is 3. The van der Waals surface area contributed by atoms with E-state index in [1.165, 1.54) is 67.6 Å². The molecule has 0 aromatic carbocycles. The first-order valence-corrected chi connectivity index (χ1v) is 8.00. The summed E-state index contributed by atoms with van der Waals surface area (Å²) in [5, 5.41) is 18.0. The van der Waals surface area contributed by atoms with Crippen LogP contribution in [0.1, 0.15) is 63.2 Å². The molecule has 0 saturated heterocycles. The summed E-state index contributed by atoms with van der Waals surface area (Å²) < 4.78 is 0.657. The second kappa shape index (κ2) is 9.59. The van der Waals surface area contributed by atoms with Gasteiger partial charge in [-0.25, -0.2) is 0 Å². The van der Waals surface area contributed by atoms with Gasteiger partial charge in [0, 0.05) is 9.65 Å². The highest BCUT2D eigenvalue weighted by Crippen LogP contribution is 2.14. The number of rotatable bonds is 10. The van der Waals surface area contributed by atoms with E-state index in [4.69, 9.17) is 10.0 Å². The number of hydrogen-bond donors (Lipinski definition) is 2. The average Bonchev–Trinajstić information content (AvgIpc) is 2.81. The number of thiophene rings is 1. The Morgan fingerprint density at radius 3 is 2.11 bits per heavy atom. The van der Waals surface area contributed by atoms with Crippen LogP contribution in [0, 0.1) is 0 Å². The molecule has 1 aromatic heterocycles. The van der Waals surface area contributed by atoms with E-state index in [1.807, 2.05) is 12.1 Å². The van der Waals surface area contributed by atoms with E-state index in [9.17, 15) is 0 Å². The van der Waals surface area contributed by atoms with Crippen LogP contribution >= 0.6 is 11.3 Å². The third-order valence-electron chi connectivity index (χ3n) is 3.21. The predicted molar refractivity (Wildman–Crippen MR) is 80.5 cm³/mol. The van der Waals surface area contributed by atoms with Gasteiger partial charge in [-0.1, -0.05) is 57.9 Å². The molecule has 0 saturated carbocycles. The molecule has 18 heavy (non-hydrogen) atoms. The molecule has 0 aliphatic carbocycles. The zero-order valence-corrected chi connectivity index (χ0v) is 12.2. The van der Waals surface area contributed by atoms with Crippen LogP contribution in [0.4, 0.5) is 0 Å². The molecule has 0 amide bonds. The first kappa shape index (κ1) is 15.7. The summed E-state index contributed by atoms with van der Waals surface area (Å²) in [4.78, 5) is 1.27. The summed E-state index contributed by atoms with van der Waals surface area (Å²) in [6.07, 6.45) is 11.8. The molecular formula is C14H25BO2S. The molecule has 0 atom stereocenters. The van der Waals surface area contributed by atoms with Crippen LogP contribution in [0.3, 0.4) is 0 Å². The fourth-order valence-electron chi connectivity index (χ4n) is 2.10. The Balaban J connectivity index is 2.00. The minimum absolute atomic E-state index is 0.657. The lowest BCUT2D eigenvalue weighted by Gasteiger charge is -2.00. The molecule has 1 aromatic rings. The molecule has 4 heteroatoms. The molecule has 0 radical (unpaired) electrons. The van der Waals surface area contributed by atoms with Crippen molar-refractivity contribution in [2.24, 2.45) is 0 Å². The standard InChI is InChI=1S/C14H25BO2S/c1-2-3-4-5-6-7-8-9-10-13-11-12-14(18-13)15(16)17/h11-12,16-17H,2-10H2,1H3. The second-order valence-corrected chi connectivity index (χ2v) is 6.10. The molecule has 1 heterocycles. The summed E-state index contributed by atoms with van der Waals surface area (Å²) in [5.41, 5.74) is 0. The smallest absolute Gasteiger partial charge is 0.423 e. The van der Waals surface area contributed by atoms with Crippen LogP contribution in [-0.4, -0.2) is 17.2 Å². The van der Waals surface area contributed by atoms with Crippen LogP contribution in [0.2, 0.25) is 0 Å². The van der Waals surface area contributed by atoms with Gasteiger partial charge in [0.15, 0.2) is 0 Å². The van der Waals surface area contributed by atoms with Gasteiger partial charge in [0.2, 0.25) is 0 Å². The van der Waals surface area contributed by atoms with E-state index >= 15 is 0 Å². The number of unbranched alkanes of at least 4 members (excludes halogenated alkanes) is 7. The largest absolute Gasteiger partial charge is 0.499 e. The van der Waals surface area contributed by atoms with Crippen molar-refractivity contribution in [2.45, 2.75) is 64.7 Å². The van der Waals surface area contributed by atoms with E-state index < -0.39 is 7.12 Å². The zero-order valence-electron chi connectivity index (χ0n) is 11.4. The van der Waals surface area contributed by atoms with Crippen molar-refractivity contribution in [3.8, 4) is 0 Å². The Hall–Kier alpha value is -0.315. The van der Waals surface area contributed by atoms with Crippen molar-refractivity contribution in [1.29, 1.82) is 0 Å². The minimum atomic E-state index is -1.30. The summed E-state index contributed by atoms with van der Waals surface area (Å²) >= 11 is 1.52. The van der Waals surface area contributed by atoms with Crippen LogP contribution in [0.5, 0.6) is 0 Å². The maximum atomic E-state index is 9.02. The molecule has 0 fully saturated rings. The Morgan fingerprint density at radius 2 is 1.56 bits per heavy atom. The highest BCUT2D eigenvalue weighted by Gasteiger charge is 2.13. The van der Waals surface area contributed by atoms with Crippen molar-refractivity contribution >= 4 is 23.2 Å². The highest BCUT2D eigenvalue weighted by atomic mass is 32.1. The Labute approximate surface area is 115 Å². The van der Waals surface area contributed by atoms with E-state index in [2.05, 4.69) is 6.92 Å². The van der Waals surface area contributed by atoms with Crippen LogP contribution < -0.4 is 4.78 Å². The molecule has 2 N–H and O–H groups in total. The van der Waals surface area contributed by atoms with Gasteiger partial charge in [0.05, 0.1) is 0 Å². The van der Waals surface area contributed by atoms with Crippen molar-refractivity contribution < 1.29 is 10.0 Å². The van der Waals surface area contributed by atoms with Gasteiger partial charge in [0.1, 0.15) is 0 Å². The third-order valence-corrected chi connectivity index (χ3v) is 4.40. The average molecular weight is 268 g/mol. The highest BCUT2D eigenvalue weighted by molar-refractivity contribution is 7.22. The lowest BCUT2D eigenvalue weighted by molar-refractivity contribution is 0.427. The third kappa shape index (κ3) is 6.57. The summed E-state index contributed by atoms with van der Waals surface area (Å²) in [5.74, 6) is 0. The lowest BCUT2D eigenvalue weighted by Crippen LogP contribution is -2.26. The first-order valence-electron chi connectivity index (χ1n) is 7.18. The normalized spacial score (nSPS) is 10.8. The zero-order chi connectivity index (χ0) is 13.2. The SMILES string of the molecule is CCCCCCCCCCc1ccc(B(O)O)s1. The Bertz CT molecular complexity index is 312. The Morgan fingerprint density at radius 1 is 0.944 bits per heavy atom. The van der Waals surface area contributed by atoms with Gasteiger partial charge >= 0.3 is 7.12 Å². The van der Waals surface area contributed by atoms with Gasteiger partial charge in [-0.2, -0.15) is 0 Å². The quantitative estimate of drug-likeness (QED) is 0.505. The van der Waals surface area contributed by atoms with Gasteiger partial charge in [-0.3, -0.25) is 0 Å². The maximum absolute atomic E-state index is 9.02. The number of aryl methyl sites for hydroxylation is 1. The first-order chi connectivity index (χ1) is 8.74. The molecule has 102 valence electrons. The van der Waals surface area contributed by atoms with E-state index in [1.54, 1.807) is 0 Å². The molecule has 0 bridgehead atoms. The van der Waals surface area contributed by atoms with E-state index in [-0.39, 0.29) is 0 Å². The second-order valence-electron chi connectivity index (χ2n) is 4.90. The van der Waals surface area contributed by atoms with Crippen LogP contribution in [-0.2, 0) is 6.42 Å². The van der Waals surface area contributed by atoms with Crippen LogP contribution in [0.15, 0.2) is 12.1 Å². The fourth-order valence-corrected chi connectivity index (χ4v) is 3.03. The van der Waals surface area contributed by atoms with Gasteiger partial charge in [0.25, 0.3) is 0 Å². The summed E-state index contributed by atoms with van der Waals surface area (Å²) in [6.45, 7) is 2.25. The van der Waals surface area contributed by atoms with Crippen molar-refractivity contribution in [1.82, 2.24) is 0 Å². The van der Waals surface area contributed by atoms with Crippen LogP contribution in [0.25, 0.3) is 0 Å². The topological polar surface area (TPSA) is 40.5 Å². The molecule has 0 unspecified atom stereocenters. The minimum Gasteiger partial charge on any atom is -0.423 e.